The fourth-order valence-corrected chi connectivity index (χ4v) is 2.31. The average Bonchev–Trinajstić information content (AvgIpc) is 2.95. The summed E-state index contributed by atoms with van der Waals surface area (Å²) in [4.78, 5) is 37.7. The zero-order valence-corrected chi connectivity index (χ0v) is 13.0. The lowest BCUT2D eigenvalue weighted by molar-refractivity contribution is -0.144. The molecular weight excluding hydrogens is 298 g/mol. The summed E-state index contributed by atoms with van der Waals surface area (Å²) >= 11 is 0. The van der Waals surface area contributed by atoms with E-state index in [9.17, 15) is 14.4 Å². The maximum Gasteiger partial charge on any atom is 0.328 e. The summed E-state index contributed by atoms with van der Waals surface area (Å²) in [5.74, 6) is -1.30. The Kier molecular flexibility index (Phi) is 5.35. The van der Waals surface area contributed by atoms with Crippen LogP contribution in [0.25, 0.3) is 10.9 Å². The Hall–Kier alpha value is -2.83. The monoisotopic (exact) mass is 317 g/mol. The van der Waals surface area contributed by atoms with Crippen LogP contribution >= 0.6 is 0 Å². The maximum atomic E-state index is 11.9. The summed E-state index contributed by atoms with van der Waals surface area (Å²) in [6, 6.07) is 6.87. The Balaban J connectivity index is 2.11. The van der Waals surface area contributed by atoms with Gasteiger partial charge in [-0.25, -0.2) is 4.79 Å². The van der Waals surface area contributed by atoms with Gasteiger partial charge in [-0.1, -0.05) is 18.2 Å². The molecule has 1 aromatic carbocycles. The predicted molar refractivity (Wildman–Crippen MR) is 84.6 cm³/mol. The molecule has 0 spiro atoms. The molecule has 0 unspecified atom stereocenters. The molecule has 0 fully saturated rings. The first-order valence-corrected chi connectivity index (χ1v) is 7.18. The number of carbonyl (C=O) groups is 3. The molecule has 0 bridgehead atoms. The first-order chi connectivity index (χ1) is 11.0. The minimum absolute atomic E-state index is 0.184. The smallest absolute Gasteiger partial charge is 0.328 e. The first kappa shape index (κ1) is 16.5. The van der Waals surface area contributed by atoms with E-state index in [1.54, 1.807) is 6.20 Å². The topological polar surface area (TPSA) is 100 Å². The van der Waals surface area contributed by atoms with E-state index in [1.807, 2.05) is 24.3 Å². The van der Waals surface area contributed by atoms with Crippen molar-refractivity contribution < 1.29 is 19.1 Å². The van der Waals surface area contributed by atoms with Crippen molar-refractivity contribution in [3.8, 4) is 0 Å². The number of hydrogen-bond acceptors (Lipinski definition) is 4. The molecule has 3 N–H and O–H groups in total. The molecule has 7 heteroatoms. The van der Waals surface area contributed by atoms with Gasteiger partial charge in [-0.05, 0) is 11.6 Å². The van der Waals surface area contributed by atoms with Gasteiger partial charge in [0, 0.05) is 30.4 Å². The zero-order valence-electron chi connectivity index (χ0n) is 13.0. The quantitative estimate of drug-likeness (QED) is 0.676. The molecular formula is C16H19N3O4. The van der Waals surface area contributed by atoms with Crippen LogP contribution in [0.3, 0.4) is 0 Å². The number of benzene rings is 1. The van der Waals surface area contributed by atoms with E-state index in [0.29, 0.717) is 6.42 Å². The second-order valence-electron chi connectivity index (χ2n) is 5.12. The Labute approximate surface area is 133 Å². The van der Waals surface area contributed by atoms with E-state index in [-0.39, 0.29) is 12.5 Å². The standard InChI is InChI=1S/C16H19N3O4/c1-10(20)17-9-15(21)19-14(16(22)23-2)7-11-8-18-13-6-4-3-5-12(11)13/h3-6,8,14,18H,7,9H2,1-2H3,(H,17,20)(H,19,21)/t14-/m0/s1. The van der Waals surface area contributed by atoms with Crippen LogP contribution in [0.4, 0.5) is 0 Å². The number of hydrogen-bond donors (Lipinski definition) is 3. The number of nitrogens with one attached hydrogen (secondary N) is 3. The lowest BCUT2D eigenvalue weighted by atomic mass is 10.0. The first-order valence-electron chi connectivity index (χ1n) is 7.18. The number of amides is 2. The van der Waals surface area contributed by atoms with Crippen LogP contribution in [0.15, 0.2) is 30.5 Å². The highest BCUT2D eigenvalue weighted by Crippen LogP contribution is 2.19. The van der Waals surface area contributed by atoms with E-state index in [2.05, 4.69) is 15.6 Å². The molecule has 2 rings (SSSR count). The highest BCUT2D eigenvalue weighted by Gasteiger charge is 2.23. The van der Waals surface area contributed by atoms with Crippen LogP contribution in [-0.2, 0) is 25.5 Å². The molecule has 7 nitrogen and oxygen atoms in total. The van der Waals surface area contributed by atoms with Crippen LogP contribution in [-0.4, -0.2) is 42.5 Å². The largest absolute Gasteiger partial charge is 0.467 e. The molecule has 23 heavy (non-hydrogen) atoms. The summed E-state index contributed by atoms with van der Waals surface area (Å²) < 4.78 is 4.75. The summed E-state index contributed by atoms with van der Waals surface area (Å²) in [6.45, 7) is 1.13. The fourth-order valence-electron chi connectivity index (χ4n) is 2.31. The van der Waals surface area contributed by atoms with E-state index in [4.69, 9.17) is 4.74 Å². The highest BCUT2D eigenvalue weighted by molar-refractivity contribution is 5.89. The normalized spacial score (nSPS) is 11.7. The fraction of sp³-hybridized carbons (Fsp3) is 0.312. The third-order valence-corrected chi connectivity index (χ3v) is 3.42. The van der Waals surface area contributed by atoms with Crippen molar-refractivity contribution in [2.24, 2.45) is 0 Å². The van der Waals surface area contributed by atoms with E-state index < -0.39 is 17.9 Å². The van der Waals surface area contributed by atoms with Gasteiger partial charge >= 0.3 is 5.97 Å². The minimum Gasteiger partial charge on any atom is -0.467 e. The van der Waals surface area contributed by atoms with Crippen molar-refractivity contribution in [2.45, 2.75) is 19.4 Å². The van der Waals surface area contributed by atoms with Crippen molar-refractivity contribution in [2.75, 3.05) is 13.7 Å². The van der Waals surface area contributed by atoms with Gasteiger partial charge in [-0.15, -0.1) is 0 Å². The lowest BCUT2D eigenvalue weighted by Crippen LogP contribution is -2.46. The minimum atomic E-state index is -0.819. The van der Waals surface area contributed by atoms with Gasteiger partial charge < -0.3 is 20.4 Å². The number of methoxy groups -OCH3 is 1. The molecule has 1 atom stereocenters. The second kappa shape index (κ2) is 7.44. The Bertz CT molecular complexity index is 723. The molecule has 0 aliphatic heterocycles. The number of aromatic amines is 1. The number of H-pyrrole nitrogens is 1. The van der Waals surface area contributed by atoms with E-state index in [1.165, 1.54) is 14.0 Å². The number of aromatic nitrogens is 1. The molecule has 0 saturated carbocycles. The van der Waals surface area contributed by atoms with E-state index in [0.717, 1.165) is 16.5 Å². The van der Waals surface area contributed by atoms with Crippen LogP contribution in [0.1, 0.15) is 12.5 Å². The van der Waals surface area contributed by atoms with Gasteiger partial charge in [0.2, 0.25) is 11.8 Å². The van der Waals surface area contributed by atoms with Gasteiger partial charge in [-0.2, -0.15) is 0 Å². The molecule has 2 amide bonds. The van der Waals surface area contributed by atoms with Gasteiger partial charge in [0.25, 0.3) is 0 Å². The maximum absolute atomic E-state index is 11.9. The molecule has 122 valence electrons. The Morgan fingerprint density at radius 2 is 2.00 bits per heavy atom. The van der Waals surface area contributed by atoms with Gasteiger partial charge in [0.15, 0.2) is 0 Å². The molecule has 0 aliphatic carbocycles. The summed E-state index contributed by atoms with van der Waals surface area (Å²) in [7, 11) is 1.27. The van der Waals surface area contributed by atoms with Crippen molar-refractivity contribution in [3.05, 3.63) is 36.0 Å². The Morgan fingerprint density at radius 3 is 2.70 bits per heavy atom. The van der Waals surface area contributed by atoms with Crippen molar-refractivity contribution in [3.63, 3.8) is 0 Å². The Morgan fingerprint density at radius 1 is 1.26 bits per heavy atom. The molecule has 2 aromatic rings. The third-order valence-electron chi connectivity index (χ3n) is 3.42. The van der Waals surface area contributed by atoms with Crippen molar-refractivity contribution in [1.29, 1.82) is 0 Å². The van der Waals surface area contributed by atoms with Crippen LogP contribution < -0.4 is 10.6 Å². The van der Waals surface area contributed by atoms with Crippen LogP contribution in [0, 0.1) is 0 Å². The second-order valence-corrected chi connectivity index (χ2v) is 5.12. The molecule has 1 heterocycles. The SMILES string of the molecule is COC(=O)[C@H](Cc1c[nH]c2ccccc12)NC(=O)CNC(C)=O. The molecule has 1 aromatic heterocycles. The molecule has 0 aliphatic rings. The number of para-hydroxylation sites is 1. The summed E-state index contributed by atoms with van der Waals surface area (Å²) in [5, 5.41) is 5.95. The molecule has 0 radical (unpaired) electrons. The van der Waals surface area contributed by atoms with Crippen molar-refractivity contribution >= 4 is 28.7 Å². The predicted octanol–water partition coefficient (Wildman–Crippen LogP) is 0.504. The molecule has 0 saturated heterocycles. The lowest BCUT2D eigenvalue weighted by Gasteiger charge is -2.16. The number of ether oxygens (including phenoxy) is 1. The van der Waals surface area contributed by atoms with Gasteiger partial charge in [-0.3, -0.25) is 9.59 Å². The number of rotatable bonds is 6. The van der Waals surface area contributed by atoms with Gasteiger partial charge in [0.1, 0.15) is 6.04 Å². The zero-order chi connectivity index (χ0) is 16.8. The summed E-state index contributed by atoms with van der Waals surface area (Å²) in [6.07, 6.45) is 2.10. The van der Waals surface area contributed by atoms with Crippen molar-refractivity contribution in [1.82, 2.24) is 15.6 Å². The number of esters is 1. The number of fused-ring (bicyclic) bond motifs is 1. The van der Waals surface area contributed by atoms with Gasteiger partial charge in [0.05, 0.1) is 13.7 Å². The summed E-state index contributed by atoms with van der Waals surface area (Å²) in [5.41, 5.74) is 1.85. The van der Waals surface area contributed by atoms with Crippen LogP contribution in [0.2, 0.25) is 0 Å². The van der Waals surface area contributed by atoms with Crippen LogP contribution in [0.5, 0.6) is 0 Å². The average molecular weight is 317 g/mol. The number of carbonyl (C=O) groups excluding carboxylic acids is 3. The highest BCUT2D eigenvalue weighted by atomic mass is 16.5. The third kappa shape index (κ3) is 4.32. The van der Waals surface area contributed by atoms with E-state index >= 15 is 0 Å².